The molecule has 1 fully saturated rings. The Labute approximate surface area is 176 Å². The van der Waals surface area contributed by atoms with Crippen LogP contribution in [-0.2, 0) is 6.61 Å². The Bertz CT molecular complexity index is 968. The van der Waals surface area contributed by atoms with Gasteiger partial charge in [-0.05, 0) is 60.9 Å². The number of hydrogen-bond acceptors (Lipinski definition) is 3. The van der Waals surface area contributed by atoms with E-state index < -0.39 is 0 Å². The number of ether oxygens (including phenoxy) is 1. The minimum atomic E-state index is -0.176. The van der Waals surface area contributed by atoms with Gasteiger partial charge in [0, 0.05) is 24.3 Å². The molecular weight excluding hydrogens is 384 g/mol. The van der Waals surface area contributed by atoms with Crippen LogP contribution in [-0.4, -0.2) is 19.0 Å². The summed E-state index contributed by atoms with van der Waals surface area (Å²) in [5, 5.41) is 3.57. The standard InChI is InChI=1S/C24H23ClN2O2/c25-22-16-20(10-13-23(22)27-14-4-5-15-27)26-24(28)19-8-11-21(12-9-19)29-17-18-6-2-1-3-7-18/h1-3,6-13,16H,4-5,14-15,17H2,(H,26,28). The molecule has 1 amide bonds. The van der Waals surface area contributed by atoms with Crippen molar-refractivity contribution in [3.8, 4) is 5.75 Å². The van der Waals surface area contributed by atoms with Crippen molar-refractivity contribution in [2.24, 2.45) is 0 Å². The van der Waals surface area contributed by atoms with E-state index in [4.69, 9.17) is 16.3 Å². The van der Waals surface area contributed by atoms with Gasteiger partial charge in [-0.3, -0.25) is 4.79 Å². The van der Waals surface area contributed by atoms with Crippen molar-refractivity contribution in [3.63, 3.8) is 0 Å². The molecule has 1 aliphatic heterocycles. The lowest BCUT2D eigenvalue weighted by Gasteiger charge is -2.19. The summed E-state index contributed by atoms with van der Waals surface area (Å²) in [6.07, 6.45) is 2.39. The first-order valence-electron chi connectivity index (χ1n) is 9.82. The zero-order valence-corrected chi connectivity index (χ0v) is 16.9. The Morgan fingerprint density at radius 1 is 0.966 bits per heavy atom. The van der Waals surface area contributed by atoms with E-state index in [-0.39, 0.29) is 5.91 Å². The van der Waals surface area contributed by atoms with Crippen molar-refractivity contribution >= 4 is 28.9 Å². The summed E-state index contributed by atoms with van der Waals surface area (Å²) < 4.78 is 5.77. The lowest BCUT2D eigenvalue weighted by molar-refractivity contribution is 0.102. The molecule has 0 atom stereocenters. The van der Waals surface area contributed by atoms with Crippen LogP contribution in [0.3, 0.4) is 0 Å². The Morgan fingerprint density at radius 2 is 1.69 bits per heavy atom. The fraction of sp³-hybridized carbons (Fsp3) is 0.208. The molecular formula is C24H23ClN2O2. The number of nitrogens with one attached hydrogen (secondary N) is 1. The Hall–Kier alpha value is -2.98. The monoisotopic (exact) mass is 406 g/mol. The van der Waals surface area contributed by atoms with Gasteiger partial charge in [-0.15, -0.1) is 0 Å². The maximum Gasteiger partial charge on any atom is 0.255 e. The van der Waals surface area contributed by atoms with Gasteiger partial charge in [0.1, 0.15) is 12.4 Å². The molecule has 3 aromatic carbocycles. The first-order chi connectivity index (χ1) is 14.2. The maximum absolute atomic E-state index is 12.6. The van der Waals surface area contributed by atoms with E-state index in [0.717, 1.165) is 30.1 Å². The summed E-state index contributed by atoms with van der Waals surface area (Å²) >= 11 is 6.44. The van der Waals surface area contributed by atoms with E-state index >= 15 is 0 Å². The molecule has 1 saturated heterocycles. The Balaban J connectivity index is 1.36. The molecule has 29 heavy (non-hydrogen) atoms. The smallest absolute Gasteiger partial charge is 0.255 e. The fourth-order valence-electron chi connectivity index (χ4n) is 3.45. The predicted octanol–water partition coefficient (Wildman–Crippen LogP) is 5.77. The van der Waals surface area contributed by atoms with E-state index in [9.17, 15) is 4.79 Å². The average molecular weight is 407 g/mol. The summed E-state index contributed by atoms with van der Waals surface area (Å²) in [6, 6.07) is 22.8. The highest BCUT2D eigenvalue weighted by atomic mass is 35.5. The Morgan fingerprint density at radius 3 is 2.38 bits per heavy atom. The minimum Gasteiger partial charge on any atom is -0.489 e. The molecule has 0 saturated carbocycles. The summed E-state index contributed by atoms with van der Waals surface area (Å²) in [4.78, 5) is 14.8. The van der Waals surface area contributed by atoms with Crippen LogP contribution in [0.15, 0.2) is 72.8 Å². The van der Waals surface area contributed by atoms with Crippen LogP contribution >= 0.6 is 11.6 Å². The third kappa shape index (κ3) is 4.90. The summed E-state index contributed by atoms with van der Waals surface area (Å²) in [7, 11) is 0. The number of carbonyl (C=O) groups is 1. The third-order valence-electron chi connectivity index (χ3n) is 5.02. The minimum absolute atomic E-state index is 0.176. The average Bonchev–Trinajstić information content (AvgIpc) is 3.28. The molecule has 1 N–H and O–H groups in total. The summed E-state index contributed by atoms with van der Waals surface area (Å²) in [5.74, 6) is 0.549. The van der Waals surface area contributed by atoms with E-state index in [1.54, 1.807) is 24.3 Å². The van der Waals surface area contributed by atoms with Crippen molar-refractivity contribution in [2.45, 2.75) is 19.4 Å². The predicted molar refractivity (Wildman–Crippen MR) is 118 cm³/mol. The second-order valence-electron chi connectivity index (χ2n) is 7.11. The molecule has 0 unspecified atom stereocenters. The molecule has 0 spiro atoms. The molecule has 0 bridgehead atoms. The van der Waals surface area contributed by atoms with Gasteiger partial charge in [0.2, 0.25) is 0 Å². The molecule has 1 aliphatic rings. The lowest BCUT2D eigenvalue weighted by Crippen LogP contribution is -2.18. The molecule has 148 valence electrons. The van der Waals surface area contributed by atoms with Crippen LogP contribution in [0.25, 0.3) is 0 Å². The topological polar surface area (TPSA) is 41.6 Å². The van der Waals surface area contributed by atoms with Crippen molar-refractivity contribution in [1.29, 1.82) is 0 Å². The number of benzene rings is 3. The van der Waals surface area contributed by atoms with Crippen LogP contribution in [0.4, 0.5) is 11.4 Å². The van der Waals surface area contributed by atoms with Gasteiger partial charge in [0.05, 0.1) is 10.7 Å². The van der Waals surface area contributed by atoms with Gasteiger partial charge >= 0.3 is 0 Å². The van der Waals surface area contributed by atoms with Crippen molar-refractivity contribution < 1.29 is 9.53 Å². The van der Waals surface area contributed by atoms with Gasteiger partial charge in [-0.1, -0.05) is 41.9 Å². The highest BCUT2D eigenvalue weighted by molar-refractivity contribution is 6.33. The van der Waals surface area contributed by atoms with Gasteiger partial charge in [0.15, 0.2) is 0 Å². The first-order valence-corrected chi connectivity index (χ1v) is 10.2. The van der Waals surface area contributed by atoms with E-state index in [1.165, 1.54) is 12.8 Å². The quantitative estimate of drug-likeness (QED) is 0.564. The SMILES string of the molecule is O=C(Nc1ccc(N2CCCC2)c(Cl)c1)c1ccc(OCc2ccccc2)cc1. The van der Waals surface area contributed by atoms with Crippen LogP contribution in [0, 0.1) is 0 Å². The van der Waals surface area contributed by atoms with Gasteiger partial charge in [-0.25, -0.2) is 0 Å². The third-order valence-corrected chi connectivity index (χ3v) is 5.32. The van der Waals surface area contributed by atoms with Gasteiger partial charge in [0.25, 0.3) is 5.91 Å². The maximum atomic E-state index is 12.6. The number of halogens is 1. The number of amides is 1. The van der Waals surface area contributed by atoms with Gasteiger partial charge < -0.3 is 15.0 Å². The molecule has 0 aliphatic carbocycles. The molecule has 1 heterocycles. The molecule has 5 heteroatoms. The zero-order valence-electron chi connectivity index (χ0n) is 16.1. The van der Waals surface area contributed by atoms with Crippen molar-refractivity contribution in [1.82, 2.24) is 0 Å². The van der Waals surface area contributed by atoms with Crippen LogP contribution in [0.1, 0.15) is 28.8 Å². The van der Waals surface area contributed by atoms with E-state index in [0.29, 0.717) is 22.9 Å². The summed E-state index contributed by atoms with van der Waals surface area (Å²) in [5.41, 5.74) is 3.38. The number of anilines is 2. The molecule has 0 radical (unpaired) electrons. The number of carbonyl (C=O) groups excluding carboxylic acids is 1. The van der Waals surface area contributed by atoms with E-state index in [1.807, 2.05) is 48.5 Å². The number of rotatable bonds is 6. The molecule has 4 rings (SSSR count). The normalized spacial score (nSPS) is 13.3. The largest absolute Gasteiger partial charge is 0.489 e. The van der Waals surface area contributed by atoms with Crippen molar-refractivity contribution in [3.05, 3.63) is 88.9 Å². The van der Waals surface area contributed by atoms with Crippen LogP contribution in [0.5, 0.6) is 5.75 Å². The van der Waals surface area contributed by atoms with E-state index in [2.05, 4.69) is 10.2 Å². The number of nitrogens with zero attached hydrogens (tertiary/aromatic N) is 1. The second kappa shape index (κ2) is 9.01. The second-order valence-corrected chi connectivity index (χ2v) is 7.52. The van der Waals surface area contributed by atoms with Gasteiger partial charge in [-0.2, -0.15) is 0 Å². The lowest BCUT2D eigenvalue weighted by atomic mass is 10.2. The number of hydrogen-bond donors (Lipinski definition) is 1. The zero-order chi connectivity index (χ0) is 20.1. The molecule has 0 aromatic heterocycles. The highest BCUT2D eigenvalue weighted by Crippen LogP contribution is 2.31. The highest BCUT2D eigenvalue weighted by Gasteiger charge is 2.16. The summed E-state index contributed by atoms with van der Waals surface area (Å²) in [6.45, 7) is 2.56. The fourth-order valence-corrected chi connectivity index (χ4v) is 3.75. The van der Waals surface area contributed by atoms with Crippen LogP contribution < -0.4 is 15.0 Å². The molecule has 4 nitrogen and oxygen atoms in total. The van der Waals surface area contributed by atoms with Crippen LogP contribution in [0.2, 0.25) is 5.02 Å². The Kier molecular flexibility index (Phi) is 6.01. The molecule has 3 aromatic rings. The first kappa shape index (κ1) is 19.3. The van der Waals surface area contributed by atoms with Crippen molar-refractivity contribution in [2.75, 3.05) is 23.3 Å².